The molecule has 2 nitrogen and oxygen atoms in total. The van der Waals surface area contributed by atoms with Gasteiger partial charge in [-0.15, -0.1) is 0 Å². The van der Waals surface area contributed by atoms with E-state index in [1.807, 2.05) is 0 Å². The van der Waals surface area contributed by atoms with Gasteiger partial charge in [-0.25, -0.2) is 0 Å². The molecule has 0 spiro atoms. The second-order valence-corrected chi connectivity index (χ2v) is 1.07. The summed E-state index contributed by atoms with van der Waals surface area (Å²) in [6.07, 6.45) is 0.747. The Labute approximate surface area is 73.9 Å². The Bertz CT molecular complexity index is 21.7. The first-order valence-corrected chi connectivity index (χ1v) is 2.01. The van der Waals surface area contributed by atoms with E-state index in [-0.39, 0.29) is 44.3 Å². The molecule has 0 aliphatic rings. The Kier molecular flexibility index (Phi) is 16.1. The quantitative estimate of drug-likeness (QED) is 0.398. The number of hydrogen-bond acceptors (Lipinski definition) is 2. The van der Waals surface area contributed by atoms with E-state index >= 15 is 0 Å². The van der Waals surface area contributed by atoms with E-state index in [1.165, 1.54) is 0 Å². The molecule has 0 aliphatic heterocycles. The molecule has 0 saturated heterocycles. The van der Waals surface area contributed by atoms with Gasteiger partial charge in [0, 0.05) is 20.3 Å². The molecule has 1 N–H and O–H groups in total. The van der Waals surface area contributed by atoms with Gasteiger partial charge in [0.25, 0.3) is 0 Å². The van der Waals surface area contributed by atoms with Gasteiger partial charge in [-0.3, -0.25) is 0 Å². The average Bonchev–Trinajstić information content (AvgIpc) is 1.61. The van der Waals surface area contributed by atoms with Crippen molar-refractivity contribution in [1.82, 2.24) is 0 Å². The van der Waals surface area contributed by atoms with Crippen LogP contribution in [0.3, 0.4) is 0 Å². The second kappa shape index (κ2) is 10.2. The molecule has 0 aromatic carbocycles. The van der Waals surface area contributed by atoms with E-state index in [0.29, 0.717) is 6.61 Å². The summed E-state index contributed by atoms with van der Waals surface area (Å²) in [5.74, 6) is 0. The summed E-state index contributed by atoms with van der Waals surface area (Å²) in [7, 11) is 1.62. The average molecular weight is 132 g/mol. The third-order valence-electron chi connectivity index (χ3n) is 0.507. The monoisotopic (exact) mass is 132 g/mol. The van der Waals surface area contributed by atoms with Gasteiger partial charge in [-0.2, -0.15) is 0 Å². The minimum atomic E-state index is 0. The van der Waals surface area contributed by atoms with Gasteiger partial charge >= 0.3 is 37.7 Å². The number of ether oxygens (including phenoxy) is 1. The molecule has 0 radical (unpaired) electrons. The maximum atomic E-state index is 8.12. The summed E-state index contributed by atoms with van der Waals surface area (Å²) in [5, 5.41) is 8.12. The summed E-state index contributed by atoms with van der Waals surface area (Å²) >= 11 is 0. The zero-order chi connectivity index (χ0) is 4.83. The van der Waals surface area contributed by atoms with Crippen LogP contribution in [0.15, 0.2) is 0 Å². The molecule has 0 aromatic rings. The Balaban J connectivity index is 0. The van der Waals surface area contributed by atoms with Crippen molar-refractivity contribution in [3.63, 3.8) is 0 Å². The summed E-state index contributed by atoms with van der Waals surface area (Å²) < 4.78 is 4.62. The Morgan fingerprint density at radius 2 is 2.14 bits per heavy atom. The SMILES string of the molecule is COCCCO.[CaH2]. The van der Waals surface area contributed by atoms with Crippen molar-refractivity contribution in [2.45, 2.75) is 6.42 Å². The number of hydrogen-bond donors (Lipinski definition) is 1. The Morgan fingerprint density at radius 1 is 1.57 bits per heavy atom. The molecule has 0 atom stereocenters. The van der Waals surface area contributed by atoms with Crippen molar-refractivity contribution in [3.8, 4) is 0 Å². The predicted octanol–water partition coefficient (Wildman–Crippen LogP) is -0.901. The molecule has 0 heterocycles. The van der Waals surface area contributed by atoms with Gasteiger partial charge in [-0.05, 0) is 6.42 Å². The van der Waals surface area contributed by atoms with Gasteiger partial charge in [0.05, 0.1) is 0 Å². The molecule has 0 aliphatic carbocycles. The molecule has 3 heteroatoms. The molecule has 0 fully saturated rings. The summed E-state index contributed by atoms with van der Waals surface area (Å²) in [4.78, 5) is 0. The van der Waals surface area contributed by atoms with E-state index in [1.54, 1.807) is 7.11 Å². The van der Waals surface area contributed by atoms with Crippen LogP contribution in [0.1, 0.15) is 6.42 Å². The third kappa shape index (κ3) is 11.0. The second-order valence-electron chi connectivity index (χ2n) is 1.07. The van der Waals surface area contributed by atoms with Crippen molar-refractivity contribution < 1.29 is 9.84 Å². The number of rotatable bonds is 3. The molecule has 0 rings (SSSR count). The summed E-state index contributed by atoms with van der Waals surface area (Å²) in [5.41, 5.74) is 0. The Hall–Kier alpha value is 1.18. The van der Waals surface area contributed by atoms with Gasteiger partial charge < -0.3 is 9.84 Å². The summed E-state index contributed by atoms with van der Waals surface area (Å²) in [6, 6.07) is 0. The van der Waals surface area contributed by atoms with E-state index in [2.05, 4.69) is 4.74 Å². The zero-order valence-corrected chi connectivity index (χ0v) is 3.98. The molecule has 7 heavy (non-hydrogen) atoms. The minimum absolute atomic E-state index is 0. The topological polar surface area (TPSA) is 29.5 Å². The Morgan fingerprint density at radius 3 is 2.29 bits per heavy atom. The van der Waals surface area contributed by atoms with E-state index in [9.17, 15) is 0 Å². The molecule has 0 bridgehead atoms. The van der Waals surface area contributed by atoms with Crippen molar-refractivity contribution >= 4 is 37.7 Å². The van der Waals surface area contributed by atoms with E-state index in [0.717, 1.165) is 6.42 Å². The van der Waals surface area contributed by atoms with Gasteiger partial charge in [0.15, 0.2) is 0 Å². The van der Waals surface area contributed by atoms with Crippen molar-refractivity contribution in [1.29, 1.82) is 0 Å². The summed E-state index contributed by atoms with van der Waals surface area (Å²) in [6.45, 7) is 0.893. The molecule has 0 aromatic heterocycles. The van der Waals surface area contributed by atoms with Crippen LogP contribution in [-0.4, -0.2) is 63.2 Å². The molecular formula is C4H12CaO2. The molecule has 0 amide bonds. The molecule has 42 valence electrons. The maximum absolute atomic E-state index is 8.12. The predicted molar refractivity (Wildman–Crippen MR) is 32.1 cm³/mol. The van der Waals surface area contributed by atoms with Crippen LogP contribution in [0.25, 0.3) is 0 Å². The van der Waals surface area contributed by atoms with Gasteiger partial charge in [-0.1, -0.05) is 0 Å². The standard InChI is InChI=1S/C4H10O2.Ca.2H/c1-6-4-2-3-5;;;/h5H,2-4H2,1H3;;;. The van der Waals surface area contributed by atoms with Gasteiger partial charge in [0.2, 0.25) is 0 Å². The number of methoxy groups -OCH3 is 1. The van der Waals surface area contributed by atoms with Crippen LogP contribution in [0, 0.1) is 0 Å². The molecule has 0 saturated carbocycles. The van der Waals surface area contributed by atoms with Crippen LogP contribution >= 0.6 is 0 Å². The van der Waals surface area contributed by atoms with Crippen LogP contribution in [-0.2, 0) is 4.74 Å². The fourth-order valence-electron chi connectivity index (χ4n) is 0.209. The first-order chi connectivity index (χ1) is 2.91. The van der Waals surface area contributed by atoms with Crippen molar-refractivity contribution in [3.05, 3.63) is 0 Å². The fraction of sp³-hybridized carbons (Fsp3) is 1.00. The van der Waals surface area contributed by atoms with E-state index < -0.39 is 0 Å². The van der Waals surface area contributed by atoms with Gasteiger partial charge in [0.1, 0.15) is 0 Å². The first kappa shape index (κ1) is 11.0. The fourth-order valence-corrected chi connectivity index (χ4v) is 0.209. The van der Waals surface area contributed by atoms with E-state index in [4.69, 9.17) is 5.11 Å². The van der Waals surface area contributed by atoms with Crippen molar-refractivity contribution in [2.24, 2.45) is 0 Å². The first-order valence-electron chi connectivity index (χ1n) is 2.01. The normalized spacial score (nSPS) is 7.71. The zero-order valence-electron chi connectivity index (χ0n) is 3.98. The molecular weight excluding hydrogens is 120 g/mol. The number of aliphatic hydroxyl groups is 1. The number of aliphatic hydroxyl groups excluding tert-OH is 1. The van der Waals surface area contributed by atoms with Crippen LogP contribution in [0.2, 0.25) is 0 Å². The van der Waals surface area contributed by atoms with Crippen LogP contribution in [0.4, 0.5) is 0 Å². The van der Waals surface area contributed by atoms with Crippen LogP contribution < -0.4 is 0 Å². The third-order valence-corrected chi connectivity index (χ3v) is 0.507. The van der Waals surface area contributed by atoms with Crippen LogP contribution in [0.5, 0.6) is 0 Å². The van der Waals surface area contributed by atoms with Crippen molar-refractivity contribution in [2.75, 3.05) is 20.3 Å². The molecule has 0 unspecified atom stereocenters.